The predicted octanol–water partition coefficient (Wildman–Crippen LogP) is 1.51. The van der Waals surface area contributed by atoms with Crippen LogP contribution in [0.5, 0.6) is 0 Å². The summed E-state index contributed by atoms with van der Waals surface area (Å²) >= 11 is 1.08. The molecule has 4 heteroatoms. The molecule has 0 N–H and O–H groups in total. The number of hydrogen-bond donors (Lipinski definition) is 0. The molecule has 1 heterocycles. The summed E-state index contributed by atoms with van der Waals surface area (Å²) in [5.74, 6) is 0. The van der Waals surface area contributed by atoms with E-state index in [2.05, 4.69) is 9.97 Å². The van der Waals surface area contributed by atoms with Gasteiger partial charge in [0.05, 0.1) is 0 Å². The van der Waals surface area contributed by atoms with E-state index in [1.165, 1.54) is 0 Å². The Morgan fingerprint density at radius 2 is 2.18 bits per heavy atom. The summed E-state index contributed by atoms with van der Waals surface area (Å²) < 4.78 is 0. The van der Waals surface area contributed by atoms with Crippen LogP contribution in [0.25, 0.3) is 0 Å². The first-order valence-electron chi connectivity index (χ1n) is 3.30. The molecule has 1 aromatic rings. The summed E-state index contributed by atoms with van der Waals surface area (Å²) in [5, 5.41) is 0.621. The van der Waals surface area contributed by atoms with Gasteiger partial charge in [0.1, 0.15) is 0 Å². The van der Waals surface area contributed by atoms with Gasteiger partial charge < -0.3 is 0 Å². The molecule has 0 aliphatic carbocycles. The minimum absolute atomic E-state index is 0.0937. The molecule has 0 aliphatic rings. The Morgan fingerprint density at radius 1 is 1.55 bits per heavy atom. The molecule has 0 spiro atoms. The molecule has 3 nitrogen and oxygen atoms in total. The van der Waals surface area contributed by atoms with Gasteiger partial charge in [-0.25, -0.2) is 9.97 Å². The highest BCUT2D eigenvalue weighted by atomic mass is 32.2. The highest BCUT2D eigenvalue weighted by molar-refractivity contribution is 8.13. The van der Waals surface area contributed by atoms with Crippen LogP contribution in [0, 0.1) is 0 Å². The monoisotopic (exact) mass is 168 g/mol. The summed E-state index contributed by atoms with van der Waals surface area (Å²) in [7, 11) is 0. The van der Waals surface area contributed by atoms with Crippen molar-refractivity contribution in [3.63, 3.8) is 0 Å². The summed E-state index contributed by atoms with van der Waals surface area (Å²) in [5.41, 5.74) is 0. The number of carbonyl (C=O) groups is 1. The number of rotatable bonds is 2. The summed E-state index contributed by atoms with van der Waals surface area (Å²) in [4.78, 5) is 18.7. The number of nitrogens with zero attached hydrogens (tertiary/aromatic N) is 2. The molecule has 0 unspecified atom stereocenters. The highest BCUT2D eigenvalue weighted by Crippen LogP contribution is 2.13. The Bertz CT molecular complexity index is 237. The normalized spacial score (nSPS) is 9.55. The van der Waals surface area contributed by atoms with E-state index < -0.39 is 0 Å². The molecule has 0 atom stereocenters. The SMILES string of the molecule is CCC(=O)Sc1ncccn1. The number of carbonyl (C=O) groups excluding carboxylic acids is 1. The van der Waals surface area contributed by atoms with Crippen LogP contribution in [-0.4, -0.2) is 15.1 Å². The molecular weight excluding hydrogens is 160 g/mol. The van der Waals surface area contributed by atoms with Crippen LogP contribution >= 0.6 is 11.8 Å². The Labute approximate surface area is 69.3 Å². The zero-order valence-electron chi connectivity index (χ0n) is 6.15. The van der Waals surface area contributed by atoms with Gasteiger partial charge in [-0.3, -0.25) is 4.79 Å². The molecule has 0 radical (unpaired) electrons. The number of thioether (sulfide) groups is 1. The van der Waals surface area contributed by atoms with Crippen molar-refractivity contribution in [2.45, 2.75) is 18.5 Å². The van der Waals surface area contributed by atoms with Crippen LogP contribution in [0.2, 0.25) is 0 Å². The third kappa shape index (κ3) is 2.67. The molecule has 0 aromatic carbocycles. The maximum absolute atomic E-state index is 10.9. The lowest BCUT2D eigenvalue weighted by molar-refractivity contribution is -0.110. The minimum atomic E-state index is 0.0937. The molecule has 1 aromatic heterocycles. The molecule has 11 heavy (non-hydrogen) atoms. The van der Waals surface area contributed by atoms with Crippen molar-refractivity contribution >= 4 is 16.9 Å². The molecule has 0 fully saturated rings. The highest BCUT2D eigenvalue weighted by Gasteiger charge is 2.02. The second-order valence-electron chi connectivity index (χ2n) is 1.86. The average Bonchev–Trinajstić information content (AvgIpc) is 2.06. The van der Waals surface area contributed by atoms with E-state index in [9.17, 15) is 4.79 Å². The second-order valence-corrected chi connectivity index (χ2v) is 2.88. The molecule has 0 saturated carbocycles. The molecular formula is C7H8N2OS. The molecule has 0 amide bonds. The van der Waals surface area contributed by atoms with E-state index in [1.54, 1.807) is 18.5 Å². The molecule has 0 bridgehead atoms. The van der Waals surface area contributed by atoms with E-state index in [0.29, 0.717) is 11.6 Å². The first-order chi connectivity index (χ1) is 5.33. The van der Waals surface area contributed by atoms with E-state index in [4.69, 9.17) is 0 Å². The van der Waals surface area contributed by atoms with E-state index >= 15 is 0 Å². The Hall–Kier alpha value is -0.900. The second kappa shape index (κ2) is 4.08. The summed E-state index contributed by atoms with van der Waals surface area (Å²) in [6.07, 6.45) is 3.76. The van der Waals surface area contributed by atoms with Crippen molar-refractivity contribution < 1.29 is 4.79 Å². The van der Waals surface area contributed by atoms with Crippen LogP contribution in [0.1, 0.15) is 13.3 Å². The van der Waals surface area contributed by atoms with Crippen LogP contribution in [0.3, 0.4) is 0 Å². The third-order valence-corrected chi connectivity index (χ3v) is 1.95. The lowest BCUT2D eigenvalue weighted by Gasteiger charge is -1.93. The van der Waals surface area contributed by atoms with Gasteiger partial charge in [-0.2, -0.15) is 0 Å². The zero-order chi connectivity index (χ0) is 8.10. The van der Waals surface area contributed by atoms with Crippen molar-refractivity contribution in [1.82, 2.24) is 9.97 Å². The van der Waals surface area contributed by atoms with E-state index in [-0.39, 0.29) is 5.12 Å². The topological polar surface area (TPSA) is 42.9 Å². The van der Waals surface area contributed by atoms with Crippen molar-refractivity contribution in [3.05, 3.63) is 18.5 Å². The first kappa shape index (κ1) is 8.20. The predicted molar refractivity (Wildman–Crippen MR) is 43.2 cm³/mol. The quantitative estimate of drug-likeness (QED) is 0.496. The largest absolute Gasteiger partial charge is 0.287 e. The lowest BCUT2D eigenvalue weighted by atomic mass is 10.6. The molecule has 1 rings (SSSR count). The van der Waals surface area contributed by atoms with Gasteiger partial charge in [-0.1, -0.05) is 6.92 Å². The Kier molecular flexibility index (Phi) is 3.04. The van der Waals surface area contributed by atoms with Crippen LogP contribution < -0.4 is 0 Å². The van der Waals surface area contributed by atoms with Gasteiger partial charge in [0.2, 0.25) is 0 Å². The van der Waals surface area contributed by atoms with E-state index in [0.717, 1.165) is 11.8 Å². The van der Waals surface area contributed by atoms with Crippen molar-refractivity contribution in [2.75, 3.05) is 0 Å². The van der Waals surface area contributed by atoms with Gasteiger partial charge in [0, 0.05) is 18.8 Å². The van der Waals surface area contributed by atoms with Gasteiger partial charge in [0.15, 0.2) is 10.3 Å². The van der Waals surface area contributed by atoms with Crippen LogP contribution in [-0.2, 0) is 4.79 Å². The lowest BCUT2D eigenvalue weighted by Crippen LogP contribution is -1.90. The van der Waals surface area contributed by atoms with Crippen molar-refractivity contribution in [3.8, 4) is 0 Å². The fourth-order valence-corrected chi connectivity index (χ4v) is 1.09. The Morgan fingerprint density at radius 3 is 2.73 bits per heavy atom. The smallest absolute Gasteiger partial charge is 0.196 e. The van der Waals surface area contributed by atoms with Crippen LogP contribution in [0.4, 0.5) is 0 Å². The third-order valence-electron chi connectivity index (χ3n) is 1.04. The number of hydrogen-bond acceptors (Lipinski definition) is 4. The minimum Gasteiger partial charge on any atom is -0.287 e. The Balaban J connectivity index is 2.58. The number of aromatic nitrogens is 2. The standard InChI is InChI=1S/C7H8N2OS/c1-2-6(10)11-7-8-4-3-5-9-7/h3-5H,2H2,1H3. The van der Waals surface area contributed by atoms with Crippen molar-refractivity contribution in [1.29, 1.82) is 0 Å². The van der Waals surface area contributed by atoms with Gasteiger partial charge in [-0.15, -0.1) is 0 Å². The maximum Gasteiger partial charge on any atom is 0.196 e. The zero-order valence-corrected chi connectivity index (χ0v) is 6.97. The van der Waals surface area contributed by atoms with Crippen LogP contribution in [0.15, 0.2) is 23.6 Å². The maximum atomic E-state index is 10.9. The molecule has 58 valence electrons. The fourth-order valence-electron chi connectivity index (χ4n) is 0.512. The van der Waals surface area contributed by atoms with Gasteiger partial charge in [0.25, 0.3) is 0 Å². The van der Waals surface area contributed by atoms with Gasteiger partial charge in [-0.05, 0) is 17.8 Å². The first-order valence-corrected chi connectivity index (χ1v) is 4.12. The molecule has 0 saturated heterocycles. The van der Waals surface area contributed by atoms with Crippen molar-refractivity contribution in [2.24, 2.45) is 0 Å². The fraction of sp³-hybridized carbons (Fsp3) is 0.286. The molecule has 0 aliphatic heterocycles. The summed E-state index contributed by atoms with van der Waals surface area (Å²) in [6, 6.07) is 1.72. The summed E-state index contributed by atoms with van der Waals surface area (Å²) in [6.45, 7) is 1.82. The average molecular weight is 168 g/mol. The van der Waals surface area contributed by atoms with E-state index in [1.807, 2.05) is 6.92 Å². The van der Waals surface area contributed by atoms with Gasteiger partial charge >= 0.3 is 0 Å².